The smallest absolute Gasteiger partial charge is 0.332 e. The number of sulfonamides is 1. The molecule has 0 radical (unpaired) electrons. The van der Waals surface area contributed by atoms with Gasteiger partial charge in [-0.05, 0) is 12.8 Å². The monoisotopic (exact) mass is 286 g/mol. The van der Waals surface area contributed by atoms with Crippen molar-refractivity contribution in [3.63, 3.8) is 0 Å². The van der Waals surface area contributed by atoms with Gasteiger partial charge in [-0.15, -0.1) is 0 Å². The lowest BCUT2D eigenvalue weighted by Crippen LogP contribution is -2.58. The Morgan fingerprint density at radius 1 is 1.17 bits per heavy atom. The summed E-state index contributed by atoms with van der Waals surface area (Å²) in [6.07, 6.45) is -2.86. The number of halogens is 3. The molecule has 0 N–H and O–H groups in total. The van der Waals surface area contributed by atoms with Crippen LogP contribution in [0.25, 0.3) is 0 Å². The van der Waals surface area contributed by atoms with Crippen molar-refractivity contribution in [3.8, 4) is 0 Å². The third-order valence-corrected chi connectivity index (χ3v) is 4.69. The molecular weight excluding hydrogens is 273 g/mol. The van der Waals surface area contributed by atoms with Gasteiger partial charge in [-0.3, -0.25) is 4.79 Å². The highest BCUT2D eigenvalue weighted by atomic mass is 32.2. The van der Waals surface area contributed by atoms with E-state index in [4.69, 9.17) is 0 Å². The second kappa shape index (κ2) is 4.09. The van der Waals surface area contributed by atoms with Crippen molar-refractivity contribution in [2.45, 2.75) is 31.1 Å². The number of amides is 1. The predicted molar refractivity (Wildman–Crippen MR) is 56.1 cm³/mol. The molecule has 1 amide bonds. The summed E-state index contributed by atoms with van der Waals surface area (Å²) in [4.78, 5) is 11.8. The third-order valence-electron chi connectivity index (χ3n) is 3.33. The first-order chi connectivity index (χ1) is 8.10. The van der Waals surface area contributed by atoms with Crippen molar-refractivity contribution in [3.05, 3.63) is 0 Å². The van der Waals surface area contributed by atoms with E-state index in [1.54, 1.807) is 0 Å². The van der Waals surface area contributed by atoms with E-state index in [1.807, 2.05) is 0 Å². The molecule has 0 aliphatic carbocycles. The molecule has 2 unspecified atom stereocenters. The average molecular weight is 286 g/mol. The van der Waals surface area contributed by atoms with Gasteiger partial charge < -0.3 is 4.90 Å². The van der Waals surface area contributed by atoms with Crippen LogP contribution in [0.3, 0.4) is 0 Å². The van der Waals surface area contributed by atoms with Crippen LogP contribution >= 0.6 is 0 Å². The molecule has 0 aromatic heterocycles. The molecule has 2 aliphatic heterocycles. The van der Waals surface area contributed by atoms with E-state index < -0.39 is 34.2 Å². The zero-order chi connectivity index (χ0) is 13.7. The fourth-order valence-corrected chi connectivity index (χ4v) is 4.18. The molecule has 2 fully saturated rings. The predicted octanol–water partition coefficient (Wildman–Crippen LogP) is 0.183. The van der Waals surface area contributed by atoms with Gasteiger partial charge in [0.15, 0.2) is 0 Å². The number of nitrogens with zero attached hydrogens (tertiary/aromatic N) is 2. The number of hydrogen-bond donors (Lipinski definition) is 0. The van der Waals surface area contributed by atoms with Crippen molar-refractivity contribution in [2.24, 2.45) is 0 Å². The Morgan fingerprint density at radius 3 is 1.94 bits per heavy atom. The van der Waals surface area contributed by atoms with Crippen LogP contribution < -0.4 is 0 Å². The number of rotatable bonds is 1. The summed E-state index contributed by atoms with van der Waals surface area (Å²) >= 11 is 0. The van der Waals surface area contributed by atoms with Gasteiger partial charge in [0.2, 0.25) is 10.0 Å². The summed E-state index contributed by atoms with van der Waals surface area (Å²) in [6, 6.07) is -1.05. The topological polar surface area (TPSA) is 57.7 Å². The van der Waals surface area contributed by atoms with Crippen LogP contribution in [0.4, 0.5) is 13.2 Å². The largest absolute Gasteiger partial charge is 0.471 e. The molecule has 2 rings (SSSR count). The van der Waals surface area contributed by atoms with Gasteiger partial charge in [0.25, 0.3) is 0 Å². The van der Waals surface area contributed by atoms with Gasteiger partial charge in [0, 0.05) is 25.2 Å². The molecule has 2 heterocycles. The van der Waals surface area contributed by atoms with Gasteiger partial charge in [0.05, 0.1) is 6.26 Å². The van der Waals surface area contributed by atoms with E-state index in [0.29, 0.717) is 17.7 Å². The highest BCUT2D eigenvalue weighted by Gasteiger charge is 2.50. The first kappa shape index (κ1) is 13.6. The lowest BCUT2D eigenvalue weighted by atomic mass is 10.2. The number of fused-ring (bicyclic) bond motifs is 2. The second-order valence-corrected chi connectivity index (χ2v) is 6.57. The first-order valence-electron chi connectivity index (χ1n) is 5.45. The fourth-order valence-electron chi connectivity index (χ4n) is 2.75. The molecule has 2 atom stereocenters. The van der Waals surface area contributed by atoms with Crippen LogP contribution in [0.1, 0.15) is 12.8 Å². The molecule has 2 bridgehead atoms. The van der Waals surface area contributed by atoms with Gasteiger partial charge >= 0.3 is 12.1 Å². The minimum absolute atomic E-state index is 0.179. The van der Waals surface area contributed by atoms with E-state index in [9.17, 15) is 26.4 Å². The van der Waals surface area contributed by atoms with Crippen LogP contribution in [0.2, 0.25) is 0 Å². The number of carbonyl (C=O) groups excluding carboxylic acids is 1. The fraction of sp³-hybridized carbons (Fsp3) is 0.889. The minimum atomic E-state index is -4.90. The number of alkyl halides is 3. The van der Waals surface area contributed by atoms with Crippen LogP contribution in [0.5, 0.6) is 0 Å². The molecule has 9 heteroatoms. The van der Waals surface area contributed by atoms with Crippen molar-refractivity contribution >= 4 is 15.9 Å². The molecule has 0 aromatic rings. The summed E-state index contributed by atoms with van der Waals surface area (Å²) in [5.74, 6) is -1.88. The van der Waals surface area contributed by atoms with Crippen LogP contribution in [0.15, 0.2) is 0 Å². The van der Waals surface area contributed by atoms with Gasteiger partial charge in [-0.1, -0.05) is 0 Å². The molecule has 0 aromatic carbocycles. The Balaban J connectivity index is 2.17. The lowest BCUT2D eigenvalue weighted by Gasteiger charge is -2.39. The molecular formula is C9H13F3N2O3S. The Hall–Kier alpha value is -0.830. The van der Waals surface area contributed by atoms with Crippen molar-refractivity contribution in [1.82, 2.24) is 9.21 Å². The highest BCUT2D eigenvalue weighted by molar-refractivity contribution is 7.88. The zero-order valence-electron chi connectivity index (χ0n) is 9.64. The van der Waals surface area contributed by atoms with Crippen LogP contribution in [-0.2, 0) is 14.8 Å². The lowest BCUT2D eigenvalue weighted by molar-refractivity contribution is -0.187. The summed E-state index contributed by atoms with van der Waals surface area (Å²) < 4.78 is 61.2. The zero-order valence-corrected chi connectivity index (χ0v) is 10.5. The third kappa shape index (κ3) is 2.33. The molecule has 0 saturated carbocycles. The highest BCUT2D eigenvalue weighted by Crippen LogP contribution is 2.33. The van der Waals surface area contributed by atoms with Crippen LogP contribution in [-0.4, -0.2) is 61.1 Å². The quantitative estimate of drug-likeness (QED) is 0.691. The maximum atomic E-state index is 12.3. The second-order valence-electron chi connectivity index (χ2n) is 4.69. The Kier molecular flexibility index (Phi) is 3.09. The number of carbonyl (C=O) groups is 1. The minimum Gasteiger partial charge on any atom is -0.332 e. The number of piperazine rings is 1. The average Bonchev–Trinajstić information content (AvgIpc) is 2.48. The van der Waals surface area contributed by atoms with Crippen molar-refractivity contribution in [1.29, 1.82) is 0 Å². The number of hydrogen-bond acceptors (Lipinski definition) is 3. The maximum absolute atomic E-state index is 12.3. The van der Waals surface area contributed by atoms with Gasteiger partial charge in [-0.2, -0.15) is 17.5 Å². The molecule has 0 spiro atoms. The number of likely N-dealkylation sites (tertiary alicyclic amines) is 1. The Morgan fingerprint density at radius 2 is 1.61 bits per heavy atom. The van der Waals surface area contributed by atoms with E-state index in [0.717, 1.165) is 6.26 Å². The van der Waals surface area contributed by atoms with E-state index in [1.165, 1.54) is 4.31 Å². The van der Waals surface area contributed by atoms with Crippen LogP contribution in [0, 0.1) is 0 Å². The summed E-state index contributed by atoms with van der Waals surface area (Å²) in [5.41, 5.74) is 0. The summed E-state index contributed by atoms with van der Waals surface area (Å²) in [5, 5.41) is 0. The standard InChI is InChI=1S/C9H13F3N2O3S/c1-18(16,17)14-6-2-3-7(14)5-13(4-6)8(15)9(10,11)12/h6-7H,2-5H2,1H3. The summed E-state index contributed by atoms with van der Waals surface area (Å²) in [7, 11) is -3.43. The summed E-state index contributed by atoms with van der Waals surface area (Å²) in [6.45, 7) is -0.357. The van der Waals surface area contributed by atoms with Gasteiger partial charge in [0.1, 0.15) is 0 Å². The Bertz CT molecular complexity index is 448. The molecule has 18 heavy (non-hydrogen) atoms. The molecule has 2 saturated heterocycles. The SMILES string of the molecule is CS(=O)(=O)N1C2CCC1CN(C(=O)C(F)(F)F)C2. The van der Waals surface area contributed by atoms with E-state index >= 15 is 0 Å². The maximum Gasteiger partial charge on any atom is 0.471 e. The van der Waals surface area contributed by atoms with E-state index in [-0.39, 0.29) is 13.1 Å². The van der Waals surface area contributed by atoms with Crippen molar-refractivity contribution < 1.29 is 26.4 Å². The van der Waals surface area contributed by atoms with Gasteiger partial charge in [-0.25, -0.2) is 8.42 Å². The molecule has 5 nitrogen and oxygen atoms in total. The molecule has 104 valence electrons. The first-order valence-corrected chi connectivity index (χ1v) is 7.30. The Labute approximate surface area is 103 Å². The normalized spacial score (nSPS) is 29.7. The molecule has 2 aliphatic rings. The van der Waals surface area contributed by atoms with Crippen molar-refractivity contribution in [2.75, 3.05) is 19.3 Å². The van der Waals surface area contributed by atoms with E-state index in [2.05, 4.69) is 0 Å².